The number of hydrogen-bond donors (Lipinski definition) is 0. The highest BCUT2D eigenvalue weighted by molar-refractivity contribution is 5.99. The number of esters is 1. The predicted molar refractivity (Wildman–Crippen MR) is 108 cm³/mol. The van der Waals surface area contributed by atoms with Crippen LogP contribution < -0.4 is 0 Å². The summed E-state index contributed by atoms with van der Waals surface area (Å²) >= 11 is 0. The van der Waals surface area contributed by atoms with Crippen LogP contribution in [0.15, 0.2) is 89.9 Å². The van der Waals surface area contributed by atoms with Gasteiger partial charge < -0.3 is 9.47 Å². The molecule has 0 unspecified atom stereocenters. The average Bonchev–Trinajstić information content (AvgIpc) is 3.15. The summed E-state index contributed by atoms with van der Waals surface area (Å²) in [7, 11) is 1.33. The van der Waals surface area contributed by atoms with Crippen molar-refractivity contribution in [2.75, 3.05) is 7.11 Å². The van der Waals surface area contributed by atoms with Gasteiger partial charge in [-0.05, 0) is 35.4 Å². The molecule has 2 atom stereocenters. The van der Waals surface area contributed by atoms with E-state index in [0.29, 0.717) is 11.5 Å². The number of aliphatic imine (C=N–C) groups is 1. The van der Waals surface area contributed by atoms with Gasteiger partial charge in [-0.15, -0.1) is 0 Å². The lowest BCUT2D eigenvalue weighted by Crippen LogP contribution is -2.44. The van der Waals surface area contributed by atoms with E-state index in [-0.39, 0.29) is 6.42 Å². The van der Waals surface area contributed by atoms with Gasteiger partial charge in [0, 0.05) is 12.0 Å². The van der Waals surface area contributed by atoms with Gasteiger partial charge in [-0.3, -0.25) is 0 Å². The van der Waals surface area contributed by atoms with Crippen LogP contribution in [-0.2, 0) is 20.7 Å². The van der Waals surface area contributed by atoms with Gasteiger partial charge in [-0.2, -0.15) is 0 Å². The summed E-state index contributed by atoms with van der Waals surface area (Å²) < 4.78 is 25.3. The van der Waals surface area contributed by atoms with Crippen LogP contribution in [0.2, 0.25) is 0 Å². The van der Waals surface area contributed by atoms with Gasteiger partial charge in [0.1, 0.15) is 5.82 Å². The maximum absolute atomic E-state index is 14.0. The zero-order valence-electron chi connectivity index (χ0n) is 15.9. The molecule has 1 aliphatic heterocycles. The minimum Gasteiger partial charge on any atom is -0.467 e. The van der Waals surface area contributed by atoms with Crippen LogP contribution in [0.1, 0.15) is 22.8 Å². The number of halogens is 1. The van der Waals surface area contributed by atoms with Crippen molar-refractivity contribution in [3.8, 4) is 0 Å². The van der Waals surface area contributed by atoms with Crippen molar-refractivity contribution in [3.63, 3.8) is 0 Å². The molecule has 0 saturated heterocycles. The smallest absolute Gasteiger partial charge is 0.338 e. The Morgan fingerprint density at radius 1 is 1.03 bits per heavy atom. The van der Waals surface area contributed by atoms with Crippen molar-refractivity contribution < 1.29 is 18.7 Å². The Labute approximate surface area is 168 Å². The molecule has 146 valence electrons. The maximum Gasteiger partial charge on any atom is 0.338 e. The van der Waals surface area contributed by atoms with E-state index >= 15 is 0 Å². The first-order chi connectivity index (χ1) is 14.1. The molecular weight excluding hydrogens is 369 g/mol. The fraction of sp³-hybridized carbons (Fsp3) is 0.167. The van der Waals surface area contributed by atoms with E-state index in [9.17, 15) is 9.18 Å². The van der Waals surface area contributed by atoms with Gasteiger partial charge in [0.15, 0.2) is 6.10 Å². The van der Waals surface area contributed by atoms with E-state index in [0.717, 1.165) is 11.1 Å². The Morgan fingerprint density at radius 2 is 1.72 bits per heavy atom. The molecule has 0 N–H and O–H groups in total. The molecule has 0 bridgehead atoms. The molecule has 0 amide bonds. The number of carbonyl (C=O) groups is 1. The van der Waals surface area contributed by atoms with E-state index in [1.807, 2.05) is 60.7 Å². The quantitative estimate of drug-likeness (QED) is 0.604. The van der Waals surface area contributed by atoms with Crippen LogP contribution in [-0.4, -0.2) is 24.5 Å². The SMILES string of the molecule is COC(=O)[C@@]1(Cc2ccccc2)N=C(c2ccccc2)O[C@H]1c1cccc(F)c1. The minimum atomic E-state index is -1.37. The van der Waals surface area contributed by atoms with E-state index in [2.05, 4.69) is 0 Å². The van der Waals surface area contributed by atoms with E-state index in [1.165, 1.54) is 19.2 Å². The summed E-state index contributed by atoms with van der Waals surface area (Å²) in [6, 6.07) is 24.9. The Bertz CT molecular complexity index is 1040. The lowest BCUT2D eigenvalue weighted by molar-refractivity contribution is -0.149. The first-order valence-electron chi connectivity index (χ1n) is 9.32. The molecule has 0 fully saturated rings. The summed E-state index contributed by atoms with van der Waals surface area (Å²) in [6.45, 7) is 0. The van der Waals surface area contributed by atoms with Crippen LogP contribution >= 0.6 is 0 Å². The highest BCUT2D eigenvalue weighted by Gasteiger charge is 2.54. The maximum atomic E-state index is 14.0. The molecule has 0 aromatic heterocycles. The molecule has 29 heavy (non-hydrogen) atoms. The first kappa shape index (κ1) is 18.9. The molecule has 1 aliphatic rings. The largest absolute Gasteiger partial charge is 0.467 e. The molecule has 4 rings (SSSR count). The summed E-state index contributed by atoms with van der Waals surface area (Å²) in [5, 5.41) is 0. The molecule has 0 aliphatic carbocycles. The van der Waals surface area contributed by atoms with Crippen molar-refractivity contribution in [3.05, 3.63) is 107 Å². The third-order valence-corrected chi connectivity index (χ3v) is 4.99. The van der Waals surface area contributed by atoms with E-state index < -0.39 is 23.4 Å². The monoisotopic (exact) mass is 389 g/mol. The highest BCUT2D eigenvalue weighted by Crippen LogP contribution is 2.43. The zero-order valence-corrected chi connectivity index (χ0v) is 15.9. The molecular formula is C24H20FNO3. The molecule has 3 aromatic rings. The van der Waals surface area contributed by atoms with Crippen LogP contribution in [0.4, 0.5) is 4.39 Å². The average molecular weight is 389 g/mol. The van der Waals surface area contributed by atoms with E-state index in [4.69, 9.17) is 14.5 Å². The fourth-order valence-electron chi connectivity index (χ4n) is 3.64. The number of carbonyl (C=O) groups excluding carboxylic acids is 1. The summed E-state index contributed by atoms with van der Waals surface area (Å²) in [5.74, 6) is -0.597. The second-order valence-electron chi connectivity index (χ2n) is 6.91. The summed E-state index contributed by atoms with van der Waals surface area (Å²) in [4.78, 5) is 17.8. The molecule has 0 radical (unpaired) electrons. The van der Waals surface area contributed by atoms with Crippen LogP contribution in [0.25, 0.3) is 0 Å². The normalized spacial score (nSPS) is 20.6. The lowest BCUT2D eigenvalue weighted by atomic mass is 9.83. The molecule has 0 saturated carbocycles. The van der Waals surface area contributed by atoms with Crippen molar-refractivity contribution in [1.82, 2.24) is 0 Å². The third-order valence-electron chi connectivity index (χ3n) is 4.99. The Balaban J connectivity index is 1.87. The van der Waals surface area contributed by atoms with Crippen LogP contribution in [0.5, 0.6) is 0 Å². The number of methoxy groups -OCH3 is 1. The van der Waals surface area contributed by atoms with Crippen LogP contribution in [0, 0.1) is 5.82 Å². The minimum absolute atomic E-state index is 0.262. The zero-order chi connectivity index (χ0) is 20.3. The molecule has 0 spiro atoms. The fourth-order valence-corrected chi connectivity index (χ4v) is 3.64. The number of hydrogen-bond acceptors (Lipinski definition) is 4. The molecule has 3 aromatic carbocycles. The predicted octanol–water partition coefficient (Wildman–Crippen LogP) is 4.50. The number of nitrogens with zero attached hydrogens (tertiary/aromatic N) is 1. The van der Waals surface area contributed by atoms with Gasteiger partial charge in [-0.25, -0.2) is 14.2 Å². The van der Waals surface area contributed by atoms with E-state index in [1.54, 1.807) is 12.1 Å². The van der Waals surface area contributed by atoms with Crippen LogP contribution in [0.3, 0.4) is 0 Å². The summed E-state index contributed by atoms with van der Waals surface area (Å²) in [5.41, 5.74) is 0.810. The number of rotatable bonds is 5. The lowest BCUT2D eigenvalue weighted by Gasteiger charge is -2.29. The van der Waals surface area contributed by atoms with Crippen molar-refractivity contribution in [1.29, 1.82) is 0 Å². The van der Waals surface area contributed by atoms with Gasteiger partial charge in [0.2, 0.25) is 11.4 Å². The Hall–Kier alpha value is -3.47. The summed E-state index contributed by atoms with van der Waals surface area (Å²) in [6.07, 6.45) is -0.557. The standard InChI is InChI=1S/C24H20FNO3/c1-28-23(27)24(16-17-9-4-2-5-10-17)21(19-13-8-14-20(25)15-19)29-22(26-24)18-11-6-3-7-12-18/h2-15,21H,16H2,1H3/t21-,24-/m0/s1. The molecule has 1 heterocycles. The second kappa shape index (κ2) is 7.87. The van der Waals surface area contributed by atoms with Crippen molar-refractivity contribution in [2.24, 2.45) is 4.99 Å². The Morgan fingerprint density at radius 3 is 2.38 bits per heavy atom. The number of ether oxygens (including phenoxy) is 2. The van der Waals surface area contributed by atoms with Gasteiger partial charge >= 0.3 is 5.97 Å². The highest BCUT2D eigenvalue weighted by atomic mass is 19.1. The van der Waals surface area contributed by atoms with Gasteiger partial charge in [0.25, 0.3) is 0 Å². The Kier molecular flexibility index (Phi) is 5.12. The first-order valence-corrected chi connectivity index (χ1v) is 9.32. The topological polar surface area (TPSA) is 47.9 Å². The van der Waals surface area contributed by atoms with Crippen molar-refractivity contribution in [2.45, 2.75) is 18.1 Å². The third kappa shape index (κ3) is 3.63. The van der Waals surface area contributed by atoms with Gasteiger partial charge in [-0.1, -0.05) is 60.7 Å². The molecule has 4 nitrogen and oxygen atoms in total. The van der Waals surface area contributed by atoms with Gasteiger partial charge in [0.05, 0.1) is 7.11 Å². The number of benzene rings is 3. The second-order valence-corrected chi connectivity index (χ2v) is 6.91. The van der Waals surface area contributed by atoms with Crippen molar-refractivity contribution >= 4 is 11.9 Å². The molecule has 5 heteroatoms.